The summed E-state index contributed by atoms with van der Waals surface area (Å²) in [6.45, 7) is 0.118. The number of aliphatic hydroxyl groups excluding tert-OH is 1. The predicted molar refractivity (Wildman–Crippen MR) is 57.2 cm³/mol. The third kappa shape index (κ3) is 3.97. The third-order valence-corrected chi connectivity index (χ3v) is 3.85. The van der Waals surface area contributed by atoms with Crippen molar-refractivity contribution in [2.45, 2.75) is 24.2 Å². The summed E-state index contributed by atoms with van der Waals surface area (Å²) in [5.74, 6) is 0.124. The molecule has 5 heteroatoms. The van der Waals surface area contributed by atoms with Crippen molar-refractivity contribution in [3.05, 3.63) is 24.5 Å². The maximum Gasteiger partial charge on any atom is 0.179 e. The second-order valence-electron chi connectivity index (χ2n) is 3.29. The van der Waals surface area contributed by atoms with Gasteiger partial charge in [-0.2, -0.15) is 0 Å². The van der Waals surface area contributed by atoms with Gasteiger partial charge >= 0.3 is 0 Å². The van der Waals surface area contributed by atoms with Gasteiger partial charge < -0.3 is 5.11 Å². The van der Waals surface area contributed by atoms with E-state index in [0.717, 1.165) is 6.42 Å². The van der Waals surface area contributed by atoms with E-state index in [2.05, 4.69) is 4.98 Å². The zero-order valence-corrected chi connectivity index (χ0v) is 9.28. The Labute approximate surface area is 89.9 Å². The van der Waals surface area contributed by atoms with Gasteiger partial charge in [0.05, 0.1) is 10.6 Å². The summed E-state index contributed by atoms with van der Waals surface area (Å²) < 4.78 is 23.4. The van der Waals surface area contributed by atoms with Gasteiger partial charge in [-0.15, -0.1) is 0 Å². The van der Waals surface area contributed by atoms with Crippen molar-refractivity contribution in [2.75, 3.05) is 12.4 Å². The van der Waals surface area contributed by atoms with Crippen LogP contribution in [0.15, 0.2) is 29.4 Å². The number of aliphatic hydroxyl groups is 1. The molecular formula is C10H15NO3S. The fraction of sp³-hybridized carbons (Fsp3) is 0.500. The van der Waals surface area contributed by atoms with Crippen LogP contribution in [0, 0.1) is 0 Å². The van der Waals surface area contributed by atoms with Crippen LogP contribution in [0.5, 0.6) is 0 Å². The molecule has 84 valence electrons. The first kappa shape index (κ1) is 12.1. The van der Waals surface area contributed by atoms with Crippen LogP contribution in [0.25, 0.3) is 0 Å². The molecule has 0 amide bonds. The molecule has 0 aliphatic rings. The summed E-state index contributed by atoms with van der Waals surface area (Å²) in [5, 5.41) is 8.55. The lowest BCUT2D eigenvalue weighted by molar-refractivity contribution is 0.284. The summed E-state index contributed by atoms with van der Waals surface area (Å²) in [6, 6.07) is 3.16. The van der Waals surface area contributed by atoms with Gasteiger partial charge in [0, 0.05) is 19.0 Å². The molecule has 0 spiro atoms. The van der Waals surface area contributed by atoms with Crippen molar-refractivity contribution in [3.63, 3.8) is 0 Å². The van der Waals surface area contributed by atoms with Gasteiger partial charge in [-0.1, -0.05) is 6.42 Å². The SMILES string of the molecule is O=S(=O)(CCCCCO)c1cccnc1. The highest BCUT2D eigenvalue weighted by molar-refractivity contribution is 7.91. The molecule has 1 rings (SSSR count). The van der Waals surface area contributed by atoms with Crippen LogP contribution < -0.4 is 0 Å². The molecule has 0 aromatic carbocycles. The monoisotopic (exact) mass is 229 g/mol. The Bertz CT molecular complexity index is 375. The van der Waals surface area contributed by atoms with Crippen molar-refractivity contribution in [2.24, 2.45) is 0 Å². The van der Waals surface area contributed by atoms with Gasteiger partial charge in [0.2, 0.25) is 0 Å². The van der Waals surface area contributed by atoms with Crippen molar-refractivity contribution < 1.29 is 13.5 Å². The number of hydrogen-bond acceptors (Lipinski definition) is 4. The molecule has 0 unspecified atom stereocenters. The second-order valence-corrected chi connectivity index (χ2v) is 5.40. The fourth-order valence-corrected chi connectivity index (χ4v) is 2.56. The standard InChI is InChI=1S/C10H15NO3S/c12-7-2-1-3-8-15(13,14)10-5-4-6-11-9-10/h4-6,9,12H,1-3,7-8H2. The van der Waals surface area contributed by atoms with E-state index in [1.54, 1.807) is 18.3 Å². The Balaban J connectivity index is 2.53. The van der Waals surface area contributed by atoms with E-state index in [4.69, 9.17) is 5.11 Å². The largest absolute Gasteiger partial charge is 0.396 e. The Hall–Kier alpha value is -0.940. The number of nitrogens with zero attached hydrogens (tertiary/aromatic N) is 1. The van der Waals surface area contributed by atoms with Crippen molar-refractivity contribution in [1.29, 1.82) is 0 Å². The topological polar surface area (TPSA) is 67.3 Å². The molecule has 0 aliphatic heterocycles. The minimum absolute atomic E-state index is 0.118. The minimum Gasteiger partial charge on any atom is -0.396 e. The highest BCUT2D eigenvalue weighted by atomic mass is 32.2. The smallest absolute Gasteiger partial charge is 0.179 e. The number of rotatable bonds is 6. The van der Waals surface area contributed by atoms with Gasteiger partial charge in [-0.3, -0.25) is 4.98 Å². The molecule has 1 aromatic rings. The van der Waals surface area contributed by atoms with E-state index in [-0.39, 0.29) is 17.3 Å². The Morgan fingerprint density at radius 2 is 2.07 bits per heavy atom. The Kier molecular flexibility index (Phi) is 4.71. The van der Waals surface area contributed by atoms with Gasteiger partial charge in [0.1, 0.15) is 0 Å². The number of unbranched alkanes of at least 4 members (excludes halogenated alkanes) is 2. The lowest BCUT2D eigenvalue weighted by Crippen LogP contribution is -2.07. The number of sulfone groups is 1. The first-order chi connectivity index (χ1) is 7.17. The third-order valence-electron chi connectivity index (χ3n) is 2.06. The molecule has 0 saturated carbocycles. The molecule has 1 N–H and O–H groups in total. The van der Waals surface area contributed by atoms with E-state index in [0.29, 0.717) is 12.8 Å². The van der Waals surface area contributed by atoms with Crippen molar-refractivity contribution in [1.82, 2.24) is 4.98 Å². The quantitative estimate of drug-likeness (QED) is 0.739. The lowest BCUT2D eigenvalue weighted by Gasteiger charge is -2.02. The van der Waals surface area contributed by atoms with E-state index < -0.39 is 9.84 Å². The summed E-state index contributed by atoms with van der Waals surface area (Å²) >= 11 is 0. The summed E-state index contributed by atoms with van der Waals surface area (Å²) in [4.78, 5) is 4.05. The van der Waals surface area contributed by atoms with E-state index in [1.807, 2.05) is 0 Å². The predicted octanol–water partition coefficient (Wildman–Crippen LogP) is 1.02. The molecule has 0 bridgehead atoms. The van der Waals surface area contributed by atoms with Crippen LogP contribution >= 0.6 is 0 Å². The highest BCUT2D eigenvalue weighted by Crippen LogP contribution is 2.11. The van der Waals surface area contributed by atoms with Crippen LogP contribution in [-0.4, -0.2) is 30.9 Å². The normalized spacial score (nSPS) is 11.5. The summed E-state index contributed by atoms with van der Waals surface area (Å²) in [7, 11) is -3.18. The molecule has 0 fully saturated rings. The Morgan fingerprint density at radius 1 is 1.27 bits per heavy atom. The maximum absolute atomic E-state index is 11.7. The van der Waals surface area contributed by atoms with E-state index in [9.17, 15) is 8.42 Å². The van der Waals surface area contributed by atoms with Crippen molar-refractivity contribution in [3.8, 4) is 0 Å². The zero-order chi connectivity index (χ0) is 11.1. The van der Waals surface area contributed by atoms with E-state index >= 15 is 0 Å². The molecule has 15 heavy (non-hydrogen) atoms. The number of aromatic nitrogens is 1. The first-order valence-corrected chi connectivity index (χ1v) is 6.56. The average Bonchev–Trinajstić information content (AvgIpc) is 2.26. The van der Waals surface area contributed by atoms with Crippen LogP contribution in [-0.2, 0) is 9.84 Å². The van der Waals surface area contributed by atoms with Crippen LogP contribution in [0.2, 0.25) is 0 Å². The average molecular weight is 229 g/mol. The summed E-state index contributed by atoms with van der Waals surface area (Å²) in [5.41, 5.74) is 0. The van der Waals surface area contributed by atoms with Crippen LogP contribution in [0.4, 0.5) is 0 Å². The van der Waals surface area contributed by atoms with Crippen molar-refractivity contribution >= 4 is 9.84 Å². The molecular weight excluding hydrogens is 214 g/mol. The second kappa shape index (κ2) is 5.82. The zero-order valence-electron chi connectivity index (χ0n) is 8.46. The van der Waals surface area contributed by atoms with E-state index in [1.165, 1.54) is 6.20 Å². The summed E-state index contributed by atoms with van der Waals surface area (Å²) in [6.07, 6.45) is 4.88. The van der Waals surface area contributed by atoms with Crippen LogP contribution in [0.3, 0.4) is 0 Å². The lowest BCUT2D eigenvalue weighted by atomic mass is 10.3. The molecule has 0 radical (unpaired) electrons. The van der Waals surface area contributed by atoms with Crippen LogP contribution in [0.1, 0.15) is 19.3 Å². The molecule has 0 aliphatic carbocycles. The van der Waals surface area contributed by atoms with Gasteiger partial charge in [0.15, 0.2) is 9.84 Å². The van der Waals surface area contributed by atoms with Gasteiger partial charge in [-0.25, -0.2) is 8.42 Å². The van der Waals surface area contributed by atoms with Gasteiger partial charge in [-0.05, 0) is 25.0 Å². The molecule has 1 aromatic heterocycles. The maximum atomic E-state index is 11.7. The molecule has 0 saturated heterocycles. The number of hydrogen-bond donors (Lipinski definition) is 1. The Morgan fingerprint density at radius 3 is 2.67 bits per heavy atom. The number of pyridine rings is 1. The van der Waals surface area contributed by atoms with Gasteiger partial charge in [0.25, 0.3) is 0 Å². The molecule has 0 atom stereocenters. The first-order valence-electron chi connectivity index (χ1n) is 4.90. The fourth-order valence-electron chi connectivity index (χ4n) is 1.23. The molecule has 1 heterocycles. The highest BCUT2D eigenvalue weighted by Gasteiger charge is 2.13. The minimum atomic E-state index is -3.18. The molecule has 4 nitrogen and oxygen atoms in total.